The van der Waals surface area contributed by atoms with Crippen LogP contribution < -0.4 is 14.4 Å². The number of carbonyl (C=O) groups is 1. The molecule has 25 heavy (non-hydrogen) atoms. The van der Waals surface area contributed by atoms with Gasteiger partial charge in [0.05, 0.1) is 18.4 Å². The predicted molar refractivity (Wildman–Crippen MR) is 91.9 cm³/mol. The van der Waals surface area contributed by atoms with Crippen LogP contribution in [0.4, 0.5) is 5.69 Å². The van der Waals surface area contributed by atoms with Gasteiger partial charge in [-0.25, -0.2) is 8.42 Å². The maximum absolute atomic E-state index is 13.0. The molecule has 0 spiro atoms. The number of ether oxygens (including phenoxy) is 1. The summed E-state index contributed by atoms with van der Waals surface area (Å²) in [4.78, 5) is 12.4. The van der Waals surface area contributed by atoms with Gasteiger partial charge in [0.25, 0.3) is 15.9 Å². The third-order valence-corrected chi connectivity index (χ3v) is 5.58. The van der Waals surface area contributed by atoms with Crippen molar-refractivity contribution in [2.24, 2.45) is 7.05 Å². The van der Waals surface area contributed by atoms with Crippen molar-refractivity contribution in [2.75, 3.05) is 17.4 Å². The van der Waals surface area contributed by atoms with Gasteiger partial charge in [-0.05, 0) is 18.6 Å². The van der Waals surface area contributed by atoms with Gasteiger partial charge in [0.15, 0.2) is 6.10 Å². The van der Waals surface area contributed by atoms with Crippen molar-refractivity contribution in [1.82, 2.24) is 15.1 Å². The summed E-state index contributed by atoms with van der Waals surface area (Å²) in [6, 6.07) is 6.77. The van der Waals surface area contributed by atoms with Crippen LogP contribution in [0.25, 0.3) is 0 Å². The van der Waals surface area contributed by atoms with Crippen molar-refractivity contribution in [2.45, 2.75) is 24.3 Å². The fraction of sp³-hybridized carbons (Fsp3) is 0.375. The summed E-state index contributed by atoms with van der Waals surface area (Å²) in [5.41, 5.74) is 0.408. The van der Waals surface area contributed by atoms with Crippen LogP contribution in [0.2, 0.25) is 0 Å². The maximum atomic E-state index is 13.0. The second-order valence-electron chi connectivity index (χ2n) is 5.75. The number of fused-ring (bicyclic) bond motifs is 1. The molecule has 134 valence electrons. The van der Waals surface area contributed by atoms with E-state index in [0.717, 1.165) is 6.42 Å². The second kappa shape index (κ2) is 6.75. The summed E-state index contributed by atoms with van der Waals surface area (Å²) in [5, 5.41) is 6.68. The number of anilines is 1. The first kappa shape index (κ1) is 17.3. The summed E-state index contributed by atoms with van der Waals surface area (Å²) in [6.07, 6.45) is 2.60. The average molecular weight is 364 g/mol. The van der Waals surface area contributed by atoms with Gasteiger partial charge in [-0.2, -0.15) is 5.10 Å². The second-order valence-corrected chi connectivity index (χ2v) is 7.61. The molecule has 2 aromatic rings. The topological polar surface area (TPSA) is 93.5 Å². The Balaban J connectivity index is 1.98. The third kappa shape index (κ3) is 3.32. The molecule has 3 rings (SSSR count). The van der Waals surface area contributed by atoms with Crippen LogP contribution in [-0.4, -0.2) is 43.3 Å². The Morgan fingerprint density at radius 3 is 2.84 bits per heavy atom. The molecule has 0 unspecified atom stereocenters. The number of carbonyl (C=O) groups excluding carboxylic acids is 1. The monoisotopic (exact) mass is 364 g/mol. The van der Waals surface area contributed by atoms with Crippen LogP contribution in [0.1, 0.15) is 13.3 Å². The smallest absolute Gasteiger partial charge is 0.267 e. The van der Waals surface area contributed by atoms with Gasteiger partial charge in [0.2, 0.25) is 0 Å². The van der Waals surface area contributed by atoms with E-state index in [4.69, 9.17) is 4.74 Å². The third-order valence-electron chi connectivity index (χ3n) is 3.85. The molecule has 9 heteroatoms. The van der Waals surface area contributed by atoms with E-state index in [1.54, 1.807) is 31.3 Å². The van der Waals surface area contributed by atoms with Crippen molar-refractivity contribution in [3.8, 4) is 5.75 Å². The van der Waals surface area contributed by atoms with E-state index in [-0.39, 0.29) is 17.3 Å². The molecule has 1 atom stereocenters. The summed E-state index contributed by atoms with van der Waals surface area (Å²) in [5.74, 6) is 0.0283. The van der Waals surface area contributed by atoms with Gasteiger partial charge in [-0.3, -0.25) is 13.8 Å². The van der Waals surface area contributed by atoms with E-state index in [0.29, 0.717) is 18.0 Å². The maximum Gasteiger partial charge on any atom is 0.267 e. The molecule has 1 aliphatic rings. The van der Waals surface area contributed by atoms with E-state index < -0.39 is 16.1 Å². The van der Waals surface area contributed by atoms with E-state index in [9.17, 15) is 13.2 Å². The molecular formula is C16H20N4O4S. The van der Waals surface area contributed by atoms with Crippen LogP contribution in [0.3, 0.4) is 0 Å². The van der Waals surface area contributed by atoms with Crippen molar-refractivity contribution in [1.29, 1.82) is 0 Å². The highest BCUT2D eigenvalue weighted by molar-refractivity contribution is 7.92. The summed E-state index contributed by atoms with van der Waals surface area (Å²) in [7, 11) is -2.21. The van der Waals surface area contributed by atoms with Crippen molar-refractivity contribution in [3.63, 3.8) is 0 Å². The highest BCUT2D eigenvalue weighted by Gasteiger charge is 2.37. The number of amides is 1. The van der Waals surface area contributed by atoms with E-state index in [1.165, 1.54) is 21.4 Å². The molecule has 0 radical (unpaired) electrons. The van der Waals surface area contributed by atoms with E-state index in [2.05, 4.69) is 10.4 Å². The summed E-state index contributed by atoms with van der Waals surface area (Å²) < 4.78 is 34.4. The van der Waals surface area contributed by atoms with Crippen LogP contribution in [-0.2, 0) is 21.9 Å². The number of para-hydroxylation sites is 2. The molecule has 0 bridgehead atoms. The number of hydrogen-bond donors (Lipinski definition) is 1. The molecule has 0 saturated heterocycles. The summed E-state index contributed by atoms with van der Waals surface area (Å²) in [6.45, 7) is 2.36. The Kier molecular flexibility index (Phi) is 4.67. The Hall–Kier alpha value is -2.55. The largest absolute Gasteiger partial charge is 0.476 e. The molecule has 0 saturated carbocycles. The average Bonchev–Trinajstić information content (AvgIpc) is 3.05. The lowest BCUT2D eigenvalue weighted by Crippen LogP contribution is -2.50. The minimum absolute atomic E-state index is 0.0689. The first-order chi connectivity index (χ1) is 11.9. The first-order valence-electron chi connectivity index (χ1n) is 7.98. The molecule has 2 heterocycles. The Morgan fingerprint density at radius 2 is 2.16 bits per heavy atom. The lowest BCUT2D eigenvalue weighted by atomic mass is 10.2. The molecule has 1 aliphatic heterocycles. The zero-order chi connectivity index (χ0) is 18.0. The molecule has 1 N–H and O–H groups in total. The quantitative estimate of drug-likeness (QED) is 0.851. The van der Waals surface area contributed by atoms with E-state index >= 15 is 0 Å². The minimum atomic E-state index is -3.85. The number of nitrogens with one attached hydrogen (secondary N) is 1. The van der Waals surface area contributed by atoms with Crippen molar-refractivity contribution < 1.29 is 17.9 Å². The van der Waals surface area contributed by atoms with Gasteiger partial charge in [0, 0.05) is 19.8 Å². The molecule has 1 aromatic heterocycles. The normalized spacial score (nSPS) is 16.9. The van der Waals surface area contributed by atoms with Crippen LogP contribution in [0.5, 0.6) is 5.75 Å². The molecule has 0 aliphatic carbocycles. The first-order valence-corrected chi connectivity index (χ1v) is 9.42. The van der Waals surface area contributed by atoms with Gasteiger partial charge in [0.1, 0.15) is 10.6 Å². The van der Waals surface area contributed by atoms with Crippen molar-refractivity contribution >= 4 is 21.6 Å². The fourth-order valence-electron chi connectivity index (χ4n) is 2.59. The lowest BCUT2D eigenvalue weighted by molar-refractivity contribution is -0.127. The van der Waals surface area contributed by atoms with Gasteiger partial charge >= 0.3 is 0 Å². The zero-order valence-corrected chi connectivity index (χ0v) is 14.9. The number of aryl methyl sites for hydroxylation is 1. The molecule has 0 fully saturated rings. The number of benzene rings is 1. The standard InChI is InChI=1S/C16H20N4O4S/c1-3-8-17-16(21)15-11-20(13-6-4-5-7-14(13)24-15)25(22,23)12-9-18-19(2)10-12/h4-7,9-10,15H,3,8,11H2,1-2H3,(H,17,21)/t15-/m0/s1. The molecule has 1 aromatic carbocycles. The lowest BCUT2D eigenvalue weighted by Gasteiger charge is -2.34. The highest BCUT2D eigenvalue weighted by Crippen LogP contribution is 2.36. The SMILES string of the molecule is CCCNC(=O)[C@@H]1CN(S(=O)(=O)c2cnn(C)c2)c2ccccc2O1. The number of rotatable bonds is 5. The molecular weight excluding hydrogens is 344 g/mol. The van der Waals surface area contributed by atoms with Crippen LogP contribution in [0.15, 0.2) is 41.6 Å². The predicted octanol–water partition coefficient (Wildman–Crippen LogP) is 0.903. The zero-order valence-electron chi connectivity index (χ0n) is 14.0. The number of nitrogens with zero attached hydrogens (tertiary/aromatic N) is 3. The van der Waals surface area contributed by atoms with Gasteiger partial charge in [-0.1, -0.05) is 19.1 Å². The summed E-state index contributed by atoms with van der Waals surface area (Å²) >= 11 is 0. The van der Waals surface area contributed by atoms with Gasteiger partial charge in [-0.15, -0.1) is 0 Å². The van der Waals surface area contributed by atoms with Crippen LogP contribution in [0, 0.1) is 0 Å². The Labute approximate surface area is 146 Å². The number of aromatic nitrogens is 2. The van der Waals surface area contributed by atoms with E-state index in [1.807, 2.05) is 6.92 Å². The highest BCUT2D eigenvalue weighted by atomic mass is 32.2. The number of sulfonamides is 1. The Morgan fingerprint density at radius 1 is 1.40 bits per heavy atom. The molecule has 8 nitrogen and oxygen atoms in total. The Bertz CT molecular complexity index is 878. The number of hydrogen-bond acceptors (Lipinski definition) is 5. The van der Waals surface area contributed by atoms with Gasteiger partial charge < -0.3 is 10.1 Å². The molecule has 1 amide bonds. The van der Waals surface area contributed by atoms with Crippen LogP contribution >= 0.6 is 0 Å². The minimum Gasteiger partial charge on any atom is -0.476 e. The van der Waals surface area contributed by atoms with Crippen molar-refractivity contribution in [3.05, 3.63) is 36.7 Å². The fourth-order valence-corrected chi connectivity index (χ4v) is 4.05.